The molecule has 94 valence electrons. The van der Waals surface area contributed by atoms with E-state index < -0.39 is 12.0 Å². The minimum absolute atomic E-state index is 0.0155. The van der Waals surface area contributed by atoms with E-state index in [0.29, 0.717) is 32.5 Å². The summed E-state index contributed by atoms with van der Waals surface area (Å²) in [6.07, 6.45) is 1.18. The number of rotatable bonds is 1. The summed E-state index contributed by atoms with van der Waals surface area (Å²) in [6, 6.07) is -1.09. The van der Waals surface area contributed by atoms with E-state index in [2.05, 4.69) is 5.32 Å². The summed E-state index contributed by atoms with van der Waals surface area (Å²) in [7, 11) is 0. The lowest BCUT2D eigenvalue weighted by Crippen LogP contribution is -2.55. The molecule has 0 spiro atoms. The van der Waals surface area contributed by atoms with Gasteiger partial charge in [0.15, 0.2) is 0 Å². The van der Waals surface area contributed by atoms with Crippen molar-refractivity contribution in [3.05, 3.63) is 0 Å². The molecule has 2 heterocycles. The number of nitrogens with zero attached hydrogens (tertiary/aromatic N) is 2. The van der Waals surface area contributed by atoms with Crippen molar-refractivity contribution in [1.29, 1.82) is 0 Å². The van der Waals surface area contributed by atoms with Crippen molar-refractivity contribution in [3.8, 4) is 0 Å². The van der Waals surface area contributed by atoms with Crippen molar-refractivity contribution in [1.82, 2.24) is 15.1 Å². The molecule has 0 aromatic rings. The molecule has 2 fully saturated rings. The average Bonchev–Trinajstić information content (AvgIpc) is 2.77. The van der Waals surface area contributed by atoms with Gasteiger partial charge in [0.25, 0.3) is 0 Å². The molecule has 17 heavy (non-hydrogen) atoms. The Balaban J connectivity index is 2.03. The largest absolute Gasteiger partial charge is 0.480 e. The Bertz CT molecular complexity index is 357. The van der Waals surface area contributed by atoms with Gasteiger partial charge in [0.2, 0.25) is 5.91 Å². The Morgan fingerprint density at radius 3 is 2.76 bits per heavy atom. The molecule has 0 aliphatic carbocycles. The van der Waals surface area contributed by atoms with Crippen LogP contribution in [0.25, 0.3) is 0 Å². The number of aliphatic carboxylic acids is 1. The number of hydrogen-bond donors (Lipinski definition) is 2. The van der Waals surface area contributed by atoms with Crippen molar-refractivity contribution < 1.29 is 19.5 Å². The summed E-state index contributed by atoms with van der Waals surface area (Å²) in [5.74, 6) is -1.17. The number of carbonyl (C=O) groups excluding carboxylic acids is 2. The number of hydrogen-bond acceptors (Lipinski definition) is 3. The summed E-state index contributed by atoms with van der Waals surface area (Å²) in [4.78, 5) is 37.0. The number of likely N-dealkylation sites (tertiary alicyclic amines) is 1. The Morgan fingerprint density at radius 2 is 2.12 bits per heavy atom. The normalized spacial score (nSPS) is 24.7. The van der Waals surface area contributed by atoms with Crippen LogP contribution < -0.4 is 5.32 Å². The van der Waals surface area contributed by atoms with Gasteiger partial charge in [0.05, 0.1) is 0 Å². The highest BCUT2D eigenvalue weighted by Crippen LogP contribution is 2.19. The van der Waals surface area contributed by atoms with E-state index in [1.807, 2.05) is 0 Å². The first-order valence-electron chi connectivity index (χ1n) is 5.64. The summed E-state index contributed by atoms with van der Waals surface area (Å²) >= 11 is 0. The van der Waals surface area contributed by atoms with E-state index in [1.54, 1.807) is 0 Å². The number of nitrogens with one attached hydrogen (secondary N) is 1. The van der Waals surface area contributed by atoms with Gasteiger partial charge in [-0.05, 0) is 12.8 Å². The second-order valence-corrected chi connectivity index (χ2v) is 4.24. The molecule has 0 aromatic heterocycles. The molecule has 0 radical (unpaired) electrons. The fourth-order valence-corrected chi connectivity index (χ4v) is 2.24. The van der Waals surface area contributed by atoms with Crippen LogP contribution in [-0.4, -0.2) is 65.0 Å². The topological polar surface area (TPSA) is 90.0 Å². The molecule has 1 atom stereocenters. The third-order valence-corrected chi connectivity index (χ3v) is 3.09. The first-order chi connectivity index (χ1) is 8.09. The number of carboxylic acids is 1. The lowest BCUT2D eigenvalue weighted by molar-refractivity contribution is -0.141. The van der Waals surface area contributed by atoms with Crippen LogP contribution in [0.15, 0.2) is 0 Å². The van der Waals surface area contributed by atoms with Crippen molar-refractivity contribution >= 4 is 17.9 Å². The Morgan fingerprint density at radius 1 is 1.35 bits per heavy atom. The second kappa shape index (κ2) is 4.60. The van der Waals surface area contributed by atoms with Gasteiger partial charge in [-0.3, -0.25) is 4.79 Å². The molecule has 2 saturated heterocycles. The van der Waals surface area contributed by atoms with Gasteiger partial charge in [-0.25, -0.2) is 9.59 Å². The van der Waals surface area contributed by atoms with Gasteiger partial charge in [-0.1, -0.05) is 0 Å². The van der Waals surface area contributed by atoms with Crippen LogP contribution in [0, 0.1) is 0 Å². The van der Waals surface area contributed by atoms with E-state index in [-0.39, 0.29) is 18.5 Å². The van der Waals surface area contributed by atoms with E-state index in [0.717, 1.165) is 0 Å². The number of carboxylic acid groups (broad SMARTS) is 1. The molecule has 3 amide bonds. The summed E-state index contributed by atoms with van der Waals surface area (Å²) in [5, 5.41) is 11.6. The van der Waals surface area contributed by atoms with E-state index >= 15 is 0 Å². The summed E-state index contributed by atoms with van der Waals surface area (Å²) < 4.78 is 0. The number of urea groups is 1. The molecule has 0 saturated carbocycles. The first kappa shape index (κ1) is 11.7. The lowest BCUT2D eigenvalue weighted by atomic mass is 10.2. The molecule has 0 bridgehead atoms. The van der Waals surface area contributed by atoms with E-state index in [1.165, 1.54) is 9.80 Å². The maximum Gasteiger partial charge on any atom is 0.326 e. The van der Waals surface area contributed by atoms with Gasteiger partial charge in [-0.15, -0.1) is 0 Å². The lowest BCUT2D eigenvalue weighted by Gasteiger charge is -2.32. The third kappa shape index (κ3) is 2.32. The highest BCUT2D eigenvalue weighted by atomic mass is 16.4. The number of carbonyl (C=O) groups is 3. The Hall–Kier alpha value is -1.79. The molecular formula is C10H15N3O4. The van der Waals surface area contributed by atoms with Gasteiger partial charge in [-0.2, -0.15) is 0 Å². The number of amides is 3. The fourth-order valence-electron chi connectivity index (χ4n) is 2.24. The molecule has 0 aromatic carbocycles. The fraction of sp³-hybridized carbons (Fsp3) is 0.700. The van der Waals surface area contributed by atoms with E-state index in [4.69, 9.17) is 5.11 Å². The van der Waals surface area contributed by atoms with E-state index in [9.17, 15) is 14.4 Å². The molecule has 0 unspecified atom stereocenters. The van der Waals surface area contributed by atoms with Crippen molar-refractivity contribution in [3.63, 3.8) is 0 Å². The van der Waals surface area contributed by atoms with Gasteiger partial charge < -0.3 is 20.2 Å². The zero-order valence-electron chi connectivity index (χ0n) is 9.39. The highest BCUT2D eigenvalue weighted by Gasteiger charge is 2.37. The minimum Gasteiger partial charge on any atom is -0.480 e. The van der Waals surface area contributed by atoms with Gasteiger partial charge in [0.1, 0.15) is 12.6 Å². The monoisotopic (exact) mass is 241 g/mol. The molecule has 2 aliphatic heterocycles. The average molecular weight is 241 g/mol. The summed E-state index contributed by atoms with van der Waals surface area (Å²) in [5.41, 5.74) is 0. The first-order valence-corrected chi connectivity index (χ1v) is 5.64. The van der Waals surface area contributed by atoms with Crippen molar-refractivity contribution in [2.45, 2.75) is 18.9 Å². The molecule has 2 aliphatic rings. The number of piperazine rings is 1. The smallest absolute Gasteiger partial charge is 0.326 e. The molecular weight excluding hydrogens is 226 g/mol. The Labute approximate surface area is 98.4 Å². The van der Waals surface area contributed by atoms with Crippen LogP contribution in [0.2, 0.25) is 0 Å². The zero-order valence-corrected chi connectivity index (χ0v) is 9.39. The van der Waals surface area contributed by atoms with Gasteiger partial charge >= 0.3 is 12.0 Å². The predicted octanol–water partition coefficient (Wildman–Crippen LogP) is -0.913. The van der Waals surface area contributed by atoms with Crippen LogP contribution in [0.4, 0.5) is 4.79 Å². The van der Waals surface area contributed by atoms with Crippen LogP contribution in [0.5, 0.6) is 0 Å². The predicted molar refractivity (Wildman–Crippen MR) is 57.3 cm³/mol. The van der Waals surface area contributed by atoms with Crippen molar-refractivity contribution in [2.75, 3.05) is 26.2 Å². The maximum atomic E-state index is 12.1. The third-order valence-electron chi connectivity index (χ3n) is 3.09. The van der Waals surface area contributed by atoms with Gasteiger partial charge in [0, 0.05) is 19.6 Å². The molecule has 2 N–H and O–H groups in total. The maximum absolute atomic E-state index is 12.1. The van der Waals surface area contributed by atoms with Crippen LogP contribution in [-0.2, 0) is 9.59 Å². The van der Waals surface area contributed by atoms with Crippen LogP contribution in [0.1, 0.15) is 12.8 Å². The zero-order chi connectivity index (χ0) is 12.4. The molecule has 7 nitrogen and oxygen atoms in total. The highest BCUT2D eigenvalue weighted by molar-refractivity contribution is 5.87. The van der Waals surface area contributed by atoms with Crippen LogP contribution in [0.3, 0.4) is 0 Å². The molecule has 2 rings (SSSR count). The quantitative estimate of drug-likeness (QED) is 0.621. The SMILES string of the molecule is O=C1CN(C(=O)N2CCC[C@@H]2C(=O)O)CCN1. The van der Waals surface area contributed by atoms with Crippen LogP contribution >= 0.6 is 0 Å². The molecule has 7 heteroatoms. The second-order valence-electron chi connectivity index (χ2n) is 4.24. The van der Waals surface area contributed by atoms with Crippen molar-refractivity contribution in [2.24, 2.45) is 0 Å². The Kier molecular flexibility index (Phi) is 3.16. The minimum atomic E-state index is -0.975. The summed E-state index contributed by atoms with van der Waals surface area (Å²) in [6.45, 7) is 1.33. The standard InChI is InChI=1S/C10H15N3O4/c14-8-6-12(5-3-11-8)10(17)13-4-1-2-7(13)9(15)16/h7H,1-6H2,(H,11,14)(H,15,16)/t7-/m1/s1.